The molecule has 0 radical (unpaired) electrons. The van der Waals surface area contributed by atoms with Gasteiger partial charge in [-0.3, -0.25) is 4.79 Å². The lowest BCUT2D eigenvalue weighted by Gasteiger charge is -2.34. The minimum atomic E-state index is -0.00868. The number of carbonyl (C=O) groups is 1. The second-order valence-electron chi connectivity index (χ2n) is 8.58. The van der Waals surface area contributed by atoms with Crippen molar-refractivity contribution in [3.8, 4) is 11.1 Å². The number of ether oxygens (including phenoxy) is 1. The topological polar surface area (TPSA) is 83.7 Å². The molecule has 0 spiro atoms. The van der Waals surface area contributed by atoms with E-state index in [1.165, 1.54) is 0 Å². The van der Waals surface area contributed by atoms with Gasteiger partial charge in [-0.15, -0.1) is 0 Å². The molecule has 182 valence electrons. The minimum Gasteiger partial charge on any atom is -0.501 e. The zero-order valence-electron chi connectivity index (χ0n) is 20.4. The van der Waals surface area contributed by atoms with Crippen molar-refractivity contribution in [2.45, 2.75) is 13.3 Å². The van der Waals surface area contributed by atoms with Crippen LogP contribution < -0.4 is 11.1 Å². The van der Waals surface area contributed by atoms with E-state index in [4.69, 9.17) is 10.5 Å². The van der Waals surface area contributed by atoms with E-state index in [2.05, 4.69) is 28.2 Å². The monoisotopic (exact) mass is 471 g/mol. The SMILES string of the molecule is CCN1CCN(C(=O)c2cc(-c3ccc(N/C=C/C4=CC=CC=C(OC)C4)nc3)ccc2N)CC1. The van der Waals surface area contributed by atoms with E-state index in [-0.39, 0.29) is 5.91 Å². The summed E-state index contributed by atoms with van der Waals surface area (Å²) in [5.41, 5.74) is 10.2. The molecule has 1 amide bonds. The number of hydrogen-bond acceptors (Lipinski definition) is 6. The van der Waals surface area contributed by atoms with Crippen molar-refractivity contribution in [3.63, 3.8) is 0 Å². The molecular weight excluding hydrogens is 438 g/mol. The van der Waals surface area contributed by atoms with Crippen molar-refractivity contribution in [2.75, 3.05) is 50.9 Å². The summed E-state index contributed by atoms with van der Waals surface area (Å²) in [7, 11) is 1.68. The number of nitrogen functional groups attached to an aromatic ring is 1. The number of hydrogen-bond donors (Lipinski definition) is 2. The van der Waals surface area contributed by atoms with Gasteiger partial charge in [0.15, 0.2) is 0 Å². The lowest BCUT2D eigenvalue weighted by Crippen LogP contribution is -2.48. The zero-order chi connectivity index (χ0) is 24.6. The summed E-state index contributed by atoms with van der Waals surface area (Å²) in [6.45, 7) is 6.39. The number of nitrogens with zero attached hydrogens (tertiary/aromatic N) is 3. The lowest BCUT2D eigenvalue weighted by molar-refractivity contribution is 0.0644. The number of nitrogens with one attached hydrogen (secondary N) is 1. The maximum atomic E-state index is 13.1. The van der Waals surface area contributed by atoms with E-state index in [0.717, 1.165) is 67.4 Å². The van der Waals surface area contributed by atoms with Crippen molar-refractivity contribution >= 4 is 17.4 Å². The van der Waals surface area contributed by atoms with Crippen molar-refractivity contribution in [1.29, 1.82) is 0 Å². The van der Waals surface area contributed by atoms with Gasteiger partial charge in [0, 0.05) is 56.2 Å². The Balaban J connectivity index is 1.41. The standard InChI is InChI=1S/C28H33N5O2/c1-3-32-14-16-33(17-15-32)28(34)25-19-22(8-10-26(25)29)23-9-11-27(31-20-23)30-13-12-21-6-4-5-7-24(18-21)35-2/h4-13,19-20H,3,14-18,29H2,1-2H3,(H,30,31)/b13-12+. The molecule has 2 heterocycles. The number of piperazine rings is 1. The summed E-state index contributed by atoms with van der Waals surface area (Å²) >= 11 is 0. The van der Waals surface area contributed by atoms with Crippen LogP contribution in [0.2, 0.25) is 0 Å². The molecule has 0 unspecified atom stereocenters. The number of rotatable bonds is 7. The maximum absolute atomic E-state index is 13.1. The van der Waals surface area contributed by atoms with Gasteiger partial charge >= 0.3 is 0 Å². The first kappa shape index (κ1) is 24.3. The quantitative estimate of drug-likeness (QED) is 0.581. The molecule has 1 saturated heterocycles. The van der Waals surface area contributed by atoms with Crippen LogP contribution in [0.15, 0.2) is 84.4 Å². The molecule has 0 bridgehead atoms. The normalized spacial score (nSPS) is 16.6. The largest absolute Gasteiger partial charge is 0.501 e. The van der Waals surface area contributed by atoms with Crippen LogP contribution in [0, 0.1) is 0 Å². The van der Waals surface area contributed by atoms with Gasteiger partial charge in [-0.1, -0.05) is 31.2 Å². The first-order chi connectivity index (χ1) is 17.1. The van der Waals surface area contributed by atoms with Gasteiger partial charge in [-0.05, 0) is 54.1 Å². The van der Waals surface area contributed by atoms with E-state index >= 15 is 0 Å². The maximum Gasteiger partial charge on any atom is 0.256 e. The highest BCUT2D eigenvalue weighted by Gasteiger charge is 2.23. The fraction of sp³-hybridized carbons (Fsp3) is 0.286. The summed E-state index contributed by atoms with van der Waals surface area (Å²) < 4.78 is 5.36. The second kappa shape index (κ2) is 11.5. The van der Waals surface area contributed by atoms with Crippen molar-refractivity contribution in [1.82, 2.24) is 14.8 Å². The number of benzene rings is 1. The Morgan fingerprint density at radius 1 is 1.11 bits per heavy atom. The summed E-state index contributed by atoms with van der Waals surface area (Å²) in [4.78, 5) is 21.9. The number of methoxy groups -OCH3 is 1. The summed E-state index contributed by atoms with van der Waals surface area (Å²) in [5.74, 6) is 1.64. The Morgan fingerprint density at radius 3 is 2.60 bits per heavy atom. The highest BCUT2D eigenvalue weighted by atomic mass is 16.5. The molecule has 1 fully saturated rings. The van der Waals surface area contributed by atoms with Crippen LogP contribution in [0.5, 0.6) is 0 Å². The van der Waals surface area contributed by atoms with E-state index in [0.29, 0.717) is 11.3 Å². The molecular formula is C28H33N5O2. The van der Waals surface area contributed by atoms with Crippen molar-refractivity contribution < 1.29 is 9.53 Å². The second-order valence-corrected chi connectivity index (χ2v) is 8.58. The third-order valence-electron chi connectivity index (χ3n) is 6.36. The highest BCUT2D eigenvalue weighted by molar-refractivity contribution is 6.00. The van der Waals surface area contributed by atoms with Crippen LogP contribution in [-0.2, 0) is 4.74 Å². The minimum absolute atomic E-state index is 0.00868. The molecule has 7 heteroatoms. The van der Waals surface area contributed by atoms with Gasteiger partial charge in [-0.25, -0.2) is 4.98 Å². The van der Waals surface area contributed by atoms with Crippen LogP contribution >= 0.6 is 0 Å². The van der Waals surface area contributed by atoms with Gasteiger partial charge in [0.25, 0.3) is 5.91 Å². The van der Waals surface area contributed by atoms with E-state index in [9.17, 15) is 4.79 Å². The number of pyridine rings is 1. The number of amides is 1. The summed E-state index contributed by atoms with van der Waals surface area (Å²) in [6.07, 6.45) is 14.4. The Labute approximate surface area is 207 Å². The molecule has 1 aliphatic carbocycles. The molecule has 35 heavy (non-hydrogen) atoms. The molecule has 0 saturated carbocycles. The van der Waals surface area contributed by atoms with Gasteiger partial charge < -0.3 is 25.6 Å². The van der Waals surface area contributed by atoms with Gasteiger partial charge in [-0.2, -0.15) is 0 Å². The molecule has 4 rings (SSSR count). The number of anilines is 2. The fourth-order valence-electron chi connectivity index (χ4n) is 4.16. The average molecular weight is 472 g/mol. The molecule has 1 aromatic heterocycles. The van der Waals surface area contributed by atoms with Crippen LogP contribution in [0.3, 0.4) is 0 Å². The first-order valence-corrected chi connectivity index (χ1v) is 12.0. The van der Waals surface area contributed by atoms with Crippen LogP contribution in [0.25, 0.3) is 11.1 Å². The first-order valence-electron chi connectivity index (χ1n) is 12.0. The lowest BCUT2D eigenvalue weighted by atomic mass is 10.0. The average Bonchev–Trinajstić information content (AvgIpc) is 3.14. The summed E-state index contributed by atoms with van der Waals surface area (Å²) in [5, 5.41) is 3.21. The van der Waals surface area contributed by atoms with Crippen LogP contribution in [-0.4, -0.2) is 60.5 Å². The van der Waals surface area contributed by atoms with Gasteiger partial charge in [0.1, 0.15) is 5.82 Å². The molecule has 7 nitrogen and oxygen atoms in total. The van der Waals surface area contributed by atoms with Crippen molar-refractivity contribution in [3.05, 3.63) is 90.0 Å². The molecule has 2 aliphatic rings. The molecule has 0 atom stereocenters. The predicted molar refractivity (Wildman–Crippen MR) is 142 cm³/mol. The zero-order valence-corrected chi connectivity index (χ0v) is 20.4. The molecule has 1 aliphatic heterocycles. The van der Waals surface area contributed by atoms with E-state index < -0.39 is 0 Å². The van der Waals surface area contributed by atoms with Gasteiger partial charge in [0.2, 0.25) is 0 Å². The number of nitrogens with two attached hydrogens (primary N) is 1. The van der Waals surface area contributed by atoms with Crippen LogP contribution in [0.1, 0.15) is 23.7 Å². The molecule has 3 N–H and O–H groups in total. The fourth-order valence-corrected chi connectivity index (χ4v) is 4.16. The number of aromatic nitrogens is 1. The molecule has 1 aromatic carbocycles. The third kappa shape index (κ3) is 6.19. The van der Waals surface area contributed by atoms with E-state index in [1.807, 2.05) is 59.7 Å². The third-order valence-corrected chi connectivity index (χ3v) is 6.36. The number of allylic oxidation sites excluding steroid dienone is 6. The van der Waals surface area contributed by atoms with E-state index in [1.54, 1.807) is 19.4 Å². The highest BCUT2D eigenvalue weighted by Crippen LogP contribution is 2.26. The Kier molecular flexibility index (Phi) is 8.00. The van der Waals surface area contributed by atoms with Crippen LogP contribution in [0.4, 0.5) is 11.5 Å². The Hall–Kier alpha value is -3.84. The Morgan fingerprint density at radius 2 is 1.89 bits per heavy atom. The number of carbonyl (C=O) groups excluding carboxylic acids is 1. The van der Waals surface area contributed by atoms with Gasteiger partial charge in [0.05, 0.1) is 18.4 Å². The smallest absolute Gasteiger partial charge is 0.256 e. The summed E-state index contributed by atoms with van der Waals surface area (Å²) in [6, 6.07) is 9.52. The molecule has 2 aromatic rings. The Bertz CT molecular complexity index is 1160. The van der Waals surface area contributed by atoms with Crippen molar-refractivity contribution in [2.24, 2.45) is 0 Å². The predicted octanol–water partition coefficient (Wildman–Crippen LogP) is 4.45. The number of likely N-dealkylation sites (N-methyl/N-ethyl adjacent to an activating group) is 1.